The van der Waals surface area contributed by atoms with E-state index in [4.69, 9.17) is 9.47 Å². The summed E-state index contributed by atoms with van der Waals surface area (Å²) in [7, 11) is 0. The van der Waals surface area contributed by atoms with Crippen LogP contribution in [0, 0.1) is 12.8 Å². The van der Waals surface area contributed by atoms with Crippen LogP contribution < -0.4 is 20.1 Å². The number of nitrogens with one attached hydrogen (secondary N) is 2. The van der Waals surface area contributed by atoms with Crippen LogP contribution >= 0.6 is 0 Å². The van der Waals surface area contributed by atoms with Gasteiger partial charge in [-0.25, -0.2) is 0 Å². The van der Waals surface area contributed by atoms with Gasteiger partial charge in [0.1, 0.15) is 0 Å². The zero-order valence-electron chi connectivity index (χ0n) is 22.0. The van der Waals surface area contributed by atoms with E-state index in [1.165, 1.54) is 0 Å². The second-order valence-corrected chi connectivity index (χ2v) is 10.7. The third kappa shape index (κ3) is 5.24. The van der Waals surface area contributed by atoms with Gasteiger partial charge in [-0.1, -0.05) is 38.1 Å². The van der Waals surface area contributed by atoms with Gasteiger partial charge in [0.25, 0.3) is 5.91 Å². The molecule has 0 bridgehead atoms. The zero-order valence-corrected chi connectivity index (χ0v) is 22.0. The first kappa shape index (κ1) is 25.8. The number of hydrogen-bond acceptors (Lipinski definition) is 5. The van der Waals surface area contributed by atoms with Crippen LogP contribution in [0.2, 0.25) is 0 Å². The number of amides is 2. The average Bonchev–Trinajstić information content (AvgIpc) is 3.59. The van der Waals surface area contributed by atoms with Crippen molar-refractivity contribution in [3.63, 3.8) is 0 Å². The summed E-state index contributed by atoms with van der Waals surface area (Å²) >= 11 is 0. The van der Waals surface area contributed by atoms with E-state index in [9.17, 15) is 14.7 Å². The van der Waals surface area contributed by atoms with Gasteiger partial charge in [0.2, 0.25) is 12.7 Å². The molecule has 1 heterocycles. The molecular weight excluding hydrogens is 480 g/mol. The lowest BCUT2D eigenvalue weighted by Gasteiger charge is -2.18. The molecule has 1 atom stereocenters. The molecule has 2 amide bonds. The van der Waals surface area contributed by atoms with Crippen LogP contribution in [0.4, 0.5) is 5.69 Å². The number of fused-ring (bicyclic) bond motifs is 1. The Morgan fingerprint density at radius 2 is 1.74 bits per heavy atom. The Balaban J connectivity index is 0.00000196. The predicted molar refractivity (Wildman–Crippen MR) is 153 cm³/mol. The molecule has 204 valence electrons. The second kappa shape index (κ2) is 10.5. The van der Waals surface area contributed by atoms with E-state index >= 15 is 0 Å². The van der Waals surface area contributed by atoms with Crippen LogP contribution in [0.25, 0.3) is 11.1 Å². The van der Waals surface area contributed by atoms with Crippen LogP contribution in [-0.2, 0) is 10.2 Å². The topological polar surface area (TPSA) is 96.9 Å². The summed E-state index contributed by atoms with van der Waals surface area (Å²) < 4.78 is 10.9. The van der Waals surface area contributed by atoms with Gasteiger partial charge in [-0.2, -0.15) is 0 Å². The van der Waals surface area contributed by atoms with E-state index in [-0.39, 0.29) is 35.5 Å². The summed E-state index contributed by atoms with van der Waals surface area (Å²) in [6.45, 7) is 6.26. The van der Waals surface area contributed by atoms with Gasteiger partial charge < -0.3 is 25.2 Å². The van der Waals surface area contributed by atoms with Gasteiger partial charge in [-0.15, -0.1) is 0 Å². The van der Waals surface area contributed by atoms with Crippen molar-refractivity contribution in [2.75, 3.05) is 18.7 Å². The summed E-state index contributed by atoms with van der Waals surface area (Å²) in [5.41, 5.74) is 4.65. The van der Waals surface area contributed by atoms with E-state index in [1.807, 2.05) is 55.5 Å². The van der Waals surface area contributed by atoms with E-state index in [0.717, 1.165) is 40.8 Å². The summed E-state index contributed by atoms with van der Waals surface area (Å²) in [5, 5.41) is 15.6. The normalized spacial score (nSPS) is 15.7. The number of rotatable bonds is 9. The van der Waals surface area contributed by atoms with Gasteiger partial charge in [0.15, 0.2) is 11.5 Å². The van der Waals surface area contributed by atoms with Gasteiger partial charge >= 0.3 is 0 Å². The number of aryl methyl sites for hydroxylation is 1. The molecule has 7 heteroatoms. The third-order valence-electron chi connectivity index (χ3n) is 7.37. The Labute approximate surface area is 227 Å². The molecule has 2 aliphatic rings. The number of aliphatic hydroxyl groups is 1. The highest BCUT2D eigenvalue weighted by molar-refractivity contribution is 6.02. The number of carbonyl (C=O) groups is 2. The molecule has 1 fully saturated rings. The van der Waals surface area contributed by atoms with E-state index < -0.39 is 5.41 Å². The molecule has 0 saturated heterocycles. The monoisotopic (exact) mass is 520 g/mol. The zero-order chi connectivity index (χ0) is 26.9. The van der Waals surface area contributed by atoms with Gasteiger partial charge in [0, 0.05) is 15.5 Å². The Hall–Kier alpha value is -3.84. The summed E-state index contributed by atoms with van der Waals surface area (Å²) in [4.78, 5) is 26.1. The molecule has 1 saturated carbocycles. The maximum Gasteiger partial charge on any atom is 0.251 e. The van der Waals surface area contributed by atoms with Crippen LogP contribution in [0.1, 0.15) is 58.9 Å². The highest BCUT2D eigenvalue weighted by Gasteiger charge is 2.51. The first-order chi connectivity index (χ1) is 18.3. The number of carbonyl (C=O) groups excluding carboxylic acids is 2. The molecule has 0 aromatic heterocycles. The maximum absolute atomic E-state index is 13.4. The lowest BCUT2D eigenvalue weighted by molar-refractivity contribution is -0.118. The molecule has 1 aliphatic carbocycles. The molecular formula is C31H40N2O5. The number of anilines is 1. The van der Waals surface area contributed by atoms with Crippen LogP contribution in [0.15, 0.2) is 60.7 Å². The average molecular weight is 521 g/mol. The number of ether oxygens (including phenoxy) is 2. The van der Waals surface area contributed by atoms with Crippen molar-refractivity contribution in [2.45, 2.75) is 51.5 Å². The molecule has 1 aliphatic heterocycles. The first-order valence-corrected chi connectivity index (χ1v) is 13.1. The maximum atomic E-state index is 13.4. The molecule has 0 spiro atoms. The standard InChI is InChI=1S/C31H34N2O5.3H2/c1-19(2)14-25(17-34)32-29(35)22-7-5-21(6-8-22)26-16-24(10-4-20(26)3)33-30(36)31(12-13-31)23-9-11-27-28(15-23)38-18-37-27;;;/h4-11,15-16,19,25,34H,12-14,17-18H2,1-3H3,(H,32,35)(H,33,36);3*1H/t25-;;;/m1.../s1. The van der Waals surface area contributed by atoms with Crippen LogP contribution in [0.3, 0.4) is 0 Å². The summed E-state index contributed by atoms with van der Waals surface area (Å²) in [6, 6.07) is 18.7. The minimum Gasteiger partial charge on any atom is -0.454 e. The third-order valence-corrected chi connectivity index (χ3v) is 7.37. The Morgan fingerprint density at radius 3 is 2.42 bits per heavy atom. The number of hydrogen-bond donors (Lipinski definition) is 3. The fourth-order valence-corrected chi connectivity index (χ4v) is 5.05. The van der Waals surface area contributed by atoms with Crippen molar-refractivity contribution in [2.24, 2.45) is 5.92 Å². The lowest BCUT2D eigenvalue weighted by atomic mass is 9.94. The molecule has 5 rings (SSSR count). The highest BCUT2D eigenvalue weighted by atomic mass is 16.7. The van der Waals surface area contributed by atoms with Gasteiger partial charge in [0.05, 0.1) is 18.1 Å². The number of benzene rings is 3. The van der Waals surface area contributed by atoms with E-state index in [2.05, 4.69) is 24.5 Å². The van der Waals surface area contributed by atoms with Crippen molar-refractivity contribution < 1.29 is 28.4 Å². The van der Waals surface area contributed by atoms with Crippen molar-refractivity contribution in [3.8, 4) is 22.6 Å². The van der Waals surface area contributed by atoms with Crippen LogP contribution in [-0.4, -0.2) is 36.4 Å². The smallest absolute Gasteiger partial charge is 0.251 e. The predicted octanol–water partition coefficient (Wildman–Crippen LogP) is 5.94. The fourth-order valence-electron chi connectivity index (χ4n) is 5.05. The van der Waals surface area contributed by atoms with Crippen molar-refractivity contribution >= 4 is 17.5 Å². The Morgan fingerprint density at radius 1 is 1.00 bits per heavy atom. The highest BCUT2D eigenvalue weighted by Crippen LogP contribution is 2.51. The van der Waals surface area contributed by atoms with Crippen LogP contribution in [0.5, 0.6) is 11.5 Å². The van der Waals surface area contributed by atoms with Gasteiger partial charge in [-0.3, -0.25) is 9.59 Å². The minimum atomic E-state index is -0.553. The molecule has 0 radical (unpaired) electrons. The summed E-state index contributed by atoms with van der Waals surface area (Å²) in [6.07, 6.45) is 2.29. The SMILES string of the molecule is Cc1ccc(NC(=O)C2(c3ccc4c(c3)OCO4)CC2)cc1-c1ccc(C(=O)N[C@@H](CO)CC(C)C)cc1.[HH].[HH].[HH]. The van der Waals surface area contributed by atoms with E-state index in [0.29, 0.717) is 29.4 Å². The molecule has 3 N–H and O–H groups in total. The molecule has 38 heavy (non-hydrogen) atoms. The van der Waals surface area contributed by atoms with Gasteiger partial charge in [-0.05, 0) is 90.8 Å². The Kier molecular flexibility index (Phi) is 7.13. The van der Waals surface area contributed by atoms with E-state index in [1.54, 1.807) is 12.1 Å². The molecule has 7 nitrogen and oxygen atoms in total. The molecule has 3 aromatic rings. The largest absolute Gasteiger partial charge is 0.454 e. The van der Waals surface area contributed by atoms with Crippen molar-refractivity contribution in [1.82, 2.24) is 5.32 Å². The number of aliphatic hydroxyl groups excluding tert-OH is 1. The first-order valence-electron chi connectivity index (χ1n) is 13.1. The van der Waals surface area contributed by atoms with Crippen molar-refractivity contribution in [3.05, 3.63) is 77.4 Å². The Bertz CT molecular complexity index is 1360. The second-order valence-electron chi connectivity index (χ2n) is 10.7. The fraction of sp³-hybridized carbons (Fsp3) is 0.355. The minimum absolute atomic E-state index is 0. The molecule has 0 unspecified atom stereocenters. The van der Waals surface area contributed by atoms with Crippen molar-refractivity contribution in [1.29, 1.82) is 0 Å². The summed E-state index contributed by atoms with van der Waals surface area (Å²) in [5.74, 6) is 1.53. The quantitative estimate of drug-likeness (QED) is 0.325. The molecule has 3 aromatic carbocycles. The lowest BCUT2D eigenvalue weighted by Crippen LogP contribution is -2.38.